The van der Waals surface area contributed by atoms with Crippen LogP contribution in [0.4, 0.5) is 0 Å². The van der Waals surface area contributed by atoms with Gasteiger partial charge in [0.05, 0.1) is 12.0 Å². The van der Waals surface area contributed by atoms with Crippen LogP contribution in [0.3, 0.4) is 0 Å². The van der Waals surface area contributed by atoms with Crippen LogP contribution >= 0.6 is 11.8 Å². The smallest absolute Gasteiger partial charge is 0.313 e. The van der Waals surface area contributed by atoms with E-state index in [1.54, 1.807) is 11.8 Å². The van der Waals surface area contributed by atoms with Crippen LogP contribution in [0, 0.1) is 11.3 Å². The molecular formula is C21H26O3S. The first-order valence-corrected chi connectivity index (χ1v) is 11.1. The Morgan fingerprint density at radius 3 is 3.08 bits per heavy atom. The first-order chi connectivity index (χ1) is 12.2. The van der Waals surface area contributed by atoms with Gasteiger partial charge in [0.2, 0.25) is 0 Å². The van der Waals surface area contributed by atoms with Gasteiger partial charge in [-0.15, -0.1) is 0 Å². The molecule has 1 aromatic carbocycles. The van der Waals surface area contributed by atoms with Crippen LogP contribution in [-0.2, 0) is 16.0 Å². The van der Waals surface area contributed by atoms with Crippen molar-refractivity contribution in [2.24, 2.45) is 11.3 Å². The maximum atomic E-state index is 12.8. The van der Waals surface area contributed by atoms with E-state index in [0.717, 1.165) is 50.2 Å². The molecule has 1 spiro atoms. The minimum absolute atomic E-state index is 0.123. The van der Waals surface area contributed by atoms with Gasteiger partial charge < -0.3 is 9.47 Å². The van der Waals surface area contributed by atoms with Crippen LogP contribution in [0.5, 0.6) is 5.75 Å². The average molecular weight is 359 g/mol. The molecule has 0 aromatic heterocycles. The number of benzene rings is 1. The normalized spacial score (nSPS) is 37.9. The molecular weight excluding hydrogens is 332 g/mol. The van der Waals surface area contributed by atoms with Crippen molar-refractivity contribution < 1.29 is 14.3 Å². The molecule has 134 valence electrons. The van der Waals surface area contributed by atoms with Crippen molar-refractivity contribution in [1.29, 1.82) is 0 Å². The van der Waals surface area contributed by atoms with Gasteiger partial charge in [0.1, 0.15) is 11.4 Å². The molecule has 0 N–H and O–H groups in total. The lowest BCUT2D eigenvalue weighted by molar-refractivity contribution is -0.155. The van der Waals surface area contributed by atoms with Crippen molar-refractivity contribution in [2.45, 2.75) is 56.5 Å². The van der Waals surface area contributed by atoms with Gasteiger partial charge in [-0.1, -0.05) is 12.5 Å². The zero-order chi connectivity index (χ0) is 17.1. The van der Waals surface area contributed by atoms with E-state index < -0.39 is 0 Å². The molecule has 5 rings (SSSR count). The second-order valence-electron chi connectivity index (χ2n) is 8.24. The summed E-state index contributed by atoms with van der Waals surface area (Å²) in [7, 11) is 0. The summed E-state index contributed by atoms with van der Waals surface area (Å²) in [6.07, 6.45) is 9.65. The molecule has 2 unspecified atom stereocenters. The summed E-state index contributed by atoms with van der Waals surface area (Å²) in [6.45, 7) is 0.759. The third-order valence-corrected chi connectivity index (χ3v) is 7.94. The number of hydrogen-bond acceptors (Lipinski definition) is 4. The number of rotatable bonds is 4. The summed E-state index contributed by atoms with van der Waals surface area (Å²) in [6, 6.07) is 6.60. The SMILES string of the molecule is CSCCOc1ccc2c(c1)CCC13OC(=O)[C@]4(CCCC14)CC[C@H]23. The molecule has 4 heteroatoms. The Labute approximate surface area is 153 Å². The van der Waals surface area contributed by atoms with Crippen molar-refractivity contribution in [3.8, 4) is 5.75 Å². The predicted octanol–water partition coefficient (Wildman–Crippen LogP) is 4.33. The van der Waals surface area contributed by atoms with Crippen LogP contribution in [0.2, 0.25) is 0 Å². The monoisotopic (exact) mass is 358 g/mol. The maximum Gasteiger partial charge on any atom is 0.313 e. The Hall–Kier alpha value is -1.16. The van der Waals surface area contributed by atoms with Gasteiger partial charge in [-0.2, -0.15) is 11.8 Å². The summed E-state index contributed by atoms with van der Waals surface area (Å²) in [5.74, 6) is 2.97. The van der Waals surface area contributed by atoms with Gasteiger partial charge in [0.25, 0.3) is 0 Å². The van der Waals surface area contributed by atoms with Crippen molar-refractivity contribution in [2.75, 3.05) is 18.6 Å². The molecule has 0 amide bonds. The number of ether oxygens (including phenoxy) is 2. The zero-order valence-corrected chi connectivity index (χ0v) is 15.7. The van der Waals surface area contributed by atoms with Crippen molar-refractivity contribution in [1.82, 2.24) is 0 Å². The number of aryl methyl sites for hydroxylation is 1. The molecule has 3 nitrogen and oxygen atoms in total. The van der Waals surface area contributed by atoms with Gasteiger partial charge in [-0.3, -0.25) is 4.79 Å². The molecule has 4 atom stereocenters. The van der Waals surface area contributed by atoms with E-state index in [2.05, 4.69) is 24.5 Å². The molecule has 3 aliphatic carbocycles. The summed E-state index contributed by atoms with van der Waals surface area (Å²) < 4.78 is 12.1. The van der Waals surface area contributed by atoms with E-state index in [1.165, 1.54) is 24.0 Å². The highest BCUT2D eigenvalue weighted by molar-refractivity contribution is 7.98. The maximum absolute atomic E-state index is 12.8. The number of carbonyl (C=O) groups is 1. The molecule has 1 aliphatic heterocycles. The highest BCUT2D eigenvalue weighted by Gasteiger charge is 2.71. The Morgan fingerprint density at radius 1 is 1.28 bits per heavy atom. The van der Waals surface area contributed by atoms with Gasteiger partial charge in [-0.05, 0) is 68.0 Å². The molecule has 25 heavy (non-hydrogen) atoms. The van der Waals surface area contributed by atoms with Crippen molar-refractivity contribution >= 4 is 17.7 Å². The fourth-order valence-electron chi connectivity index (χ4n) is 6.35. The minimum Gasteiger partial charge on any atom is -0.493 e. The predicted molar refractivity (Wildman–Crippen MR) is 99.2 cm³/mol. The average Bonchev–Trinajstić information content (AvgIpc) is 3.12. The largest absolute Gasteiger partial charge is 0.493 e. The molecule has 0 radical (unpaired) electrons. The zero-order valence-electron chi connectivity index (χ0n) is 14.9. The fourth-order valence-corrected chi connectivity index (χ4v) is 6.60. The van der Waals surface area contributed by atoms with Crippen molar-refractivity contribution in [3.05, 3.63) is 29.3 Å². The molecule has 2 saturated carbocycles. The second-order valence-corrected chi connectivity index (χ2v) is 9.22. The lowest BCUT2D eigenvalue weighted by atomic mass is 9.54. The second kappa shape index (κ2) is 5.67. The third-order valence-electron chi connectivity index (χ3n) is 7.36. The van der Waals surface area contributed by atoms with Crippen LogP contribution in [-0.4, -0.2) is 30.2 Å². The number of carbonyl (C=O) groups excluding carboxylic acids is 1. The Bertz CT molecular complexity index is 717. The van der Waals surface area contributed by atoms with Crippen LogP contribution in [0.25, 0.3) is 0 Å². The van der Waals surface area contributed by atoms with E-state index >= 15 is 0 Å². The summed E-state index contributed by atoms with van der Waals surface area (Å²) >= 11 is 1.81. The molecule has 1 saturated heterocycles. The van der Waals surface area contributed by atoms with Crippen LogP contribution < -0.4 is 4.74 Å². The molecule has 4 aliphatic rings. The summed E-state index contributed by atoms with van der Waals surface area (Å²) in [4.78, 5) is 12.8. The topological polar surface area (TPSA) is 35.5 Å². The summed E-state index contributed by atoms with van der Waals surface area (Å²) in [5, 5.41) is 0. The van der Waals surface area contributed by atoms with E-state index in [1.807, 2.05) is 0 Å². The highest BCUT2D eigenvalue weighted by Crippen LogP contribution is 2.68. The van der Waals surface area contributed by atoms with Gasteiger partial charge in [-0.25, -0.2) is 0 Å². The minimum atomic E-state index is -0.208. The Morgan fingerprint density at radius 2 is 2.20 bits per heavy atom. The van der Waals surface area contributed by atoms with Gasteiger partial charge in [0.15, 0.2) is 0 Å². The van der Waals surface area contributed by atoms with Crippen LogP contribution in [0.1, 0.15) is 55.6 Å². The van der Waals surface area contributed by atoms with E-state index in [-0.39, 0.29) is 17.0 Å². The van der Waals surface area contributed by atoms with E-state index in [0.29, 0.717) is 11.8 Å². The molecule has 1 aromatic rings. The van der Waals surface area contributed by atoms with Gasteiger partial charge in [0, 0.05) is 17.6 Å². The molecule has 1 heterocycles. The van der Waals surface area contributed by atoms with Gasteiger partial charge >= 0.3 is 5.97 Å². The highest BCUT2D eigenvalue weighted by atomic mass is 32.2. The van der Waals surface area contributed by atoms with Crippen LogP contribution in [0.15, 0.2) is 18.2 Å². The first kappa shape index (κ1) is 16.0. The standard InChI is InChI=1S/C21H26O3S/c1-25-12-11-23-15-4-5-16-14(13-15)6-10-21-17(16)7-9-20(19(22)24-21)8-2-3-18(20)21/h4-5,13,17-18H,2-3,6-12H2,1H3/t17-,18?,20-,21?/m1/s1. The Kier molecular flexibility index (Phi) is 3.64. The van der Waals surface area contributed by atoms with E-state index in [4.69, 9.17) is 9.47 Å². The first-order valence-electron chi connectivity index (χ1n) is 9.68. The third kappa shape index (κ3) is 2.09. The molecule has 2 bridgehead atoms. The lowest BCUT2D eigenvalue weighted by Gasteiger charge is -2.48. The molecule has 3 fully saturated rings. The summed E-state index contributed by atoms with van der Waals surface area (Å²) in [5.41, 5.74) is 2.49. The number of thioether (sulfide) groups is 1. The van der Waals surface area contributed by atoms with E-state index in [9.17, 15) is 4.79 Å². The quantitative estimate of drug-likeness (QED) is 0.593. The lowest BCUT2D eigenvalue weighted by Crippen LogP contribution is -2.50. The number of esters is 1. The Balaban J connectivity index is 1.48. The fraction of sp³-hybridized carbons (Fsp3) is 0.667. The number of hydrogen-bond donors (Lipinski definition) is 0. The van der Waals surface area contributed by atoms with Crippen molar-refractivity contribution in [3.63, 3.8) is 0 Å². The number of fused-ring (bicyclic) bond motifs is 2.